The van der Waals surface area contributed by atoms with E-state index in [1.807, 2.05) is 0 Å². The quantitative estimate of drug-likeness (QED) is 0.924. The first-order valence-corrected chi connectivity index (χ1v) is 7.08. The van der Waals surface area contributed by atoms with Crippen LogP contribution < -0.4 is 5.73 Å². The Morgan fingerprint density at radius 2 is 2.15 bits per heavy atom. The van der Waals surface area contributed by atoms with Crippen LogP contribution in [-0.2, 0) is 13.1 Å². The molecule has 20 heavy (non-hydrogen) atoms. The third-order valence-electron chi connectivity index (χ3n) is 3.86. The summed E-state index contributed by atoms with van der Waals surface area (Å²) in [5, 5.41) is 3.98. The van der Waals surface area contributed by atoms with Crippen LogP contribution in [0, 0.1) is 6.92 Å². The lowest BCUT2D eigenvalue weighted by atomic mass is 10.0. The van der Waals surface area contributed by atoms with Crippen LogP contribution in [0.1, 0.15) is 41.7 Å². The van der Waals surface area contributed by atoms with Gasteiger partial charge in [-0.3, -0.25) is 4.90 Å². The Balaban J connectivity index is 1.73. The van der Waals surface area contributed by atoms with Gasteiger partial charge in [-0.15, -0.1) is 0 Å². The molecule has 0 bridgehead atoms. The Labute approximate surface area is 118 Å². The molecular formula is C15H20N4O. The van der Waals surface area contributed by atoms with E-state index in [-0.39, 0.29) is 0 Å². The van der Waals surface area contributed by atoms with Crippen LogP contribution in [0.2, 0.25) is 0 Å². The molecule has 1 aromatic heterocycles. The zero-order chi connectivity index (χ0) is 13.9. The smallest absolute Gasteiger partial charge is 0.240 e. The van der Waals surface area contributed by atoms with E-state index in [1.165, 1.54) is 24.0 Å². The molecule has 0 spiro atoms. The van der Waals surface area contributed by atoms with Crippen molar-refractivity contribution in [1.29, 1.82) is 0 Å². The van der Waals surface area contributed by atoms with Crippen LogP contribution in [0.15, 0.2) is 28.8 Å². The van der Waals surface area contributed by atoms with Gasteiger partial charge in [0, 0.05) is 6.04 Å². The molecule has 2 aromatic rings. The summed E-state index contributed by atoms with van der Waals surface area (Å²) in [5.41, 5.74) is 8.16. The molecule has 1 fully saturated rings. The van der Waals surface area contributed by atoms with Crippen molar-refractivity contribution in [2.75, 3.05) is 6.54 Å². The average molecular weight is 272 g/mol. The summed E-state index contributed by atoms with van der Waals surface area (Å²) in [5.74, 6) is 1.23. The van der Waals surface area contributed by atoms with Gasteiger partial charge in [-0.05, 0) is 31.9 Å². The van der Waals surface area contributed by atoms with E-state index in [2.05, 4.69) is 46.2 Å². The highest BCUT2D eigenvalue weighted by Crippen LogP contribution is 2.32. The molecule has 3 rings (SSSR count). The zero-order valence-electron chi connectivity index (χ0n) is 11.7. The van der Waals surface area contributed by atoms with Crippen molar-refractivity contribution >= 4 is 0 Å². The number of hydrogen-bond acceptors (Lipinski definition) is 5. The van der Waals surface area contributed by atoms with E-state index in [0.29, 0.717) is 18.5 Å². The number of benzene rings is 1. The van der Waals surface area contributed by atoms with Gasteiger partial charge in [0.1, 0.15) is 0 Å². The molecule has 0 radical (unpaired) electrons. The molecule has 2 heterocycles. The van der Waals surface area contributed by atoms with Crippen molar-refractivity contribution in [2.24, 2.45) is 5.73 Å². The molecule has 1 saturated heterocycles. The van der Waals surface area contributed by atoms with Gasteiger partial charge in [0.15, 0.2) is 5.82 Å². The molecule has 106 valence electrons. The summed E-state index contributed by atoms with van der Waals surface area (Å²) in [4.78, 5) is 6.70. The van der Waals surface area contributed by atoms with Crippen LogP contribution >= 0.6 is 0 Å². The molecule has 1 aliphatic rings. The SMILES string of the molecule is Cc1ccc(C2CCCN2Cc2noc(CN)n2)cc1. The normalized spacial score (nSPS) is 19.6. The summed E-state index contributed by atoms with van der Waals surface area (Å²) >= 11 is 0. The number of nitrogens with zero attached hydrogens (tertiary/aromatic N) is 3. The maximum absolute atomic E-state index is 5.49. The molecular weight excluding hydrogens is 252 g/mol. The van der Waals surface area contributed by atoms with Crippen molar-refractivity contribution in [3.63, 3.8) is 0 Å². The highest BCUT2D eigenvalue weighted by molar-refractivity contribution is 5.24. The fraction of sp³-hybridized carbons (Fsp3) is 0.467. The van der Waals surface area contributed by atoms with Gasteiger partial charge in [0.2, 0.25) is 5.89 Å². The van der Waals surface area contributed by atoms with Crippen molar-refractivity contribution in [1.82, 2.24) is 15.0 Å². The van der Waals surface area contributed by atoms with E-state index in [1.54, 1.807) is 0 Å². The Bertz CT molecular complexity index is 564. The van der Waals surface area contributed by atoms with Gasteiger partial charge in [-0.1, -0.05) is 35.0 Å². The minimum absolute atomic E-state index is 0.300. The first kappa shape index (κ1) is 13.3. The maximum atomic E-state index is 5.49. The molecule has 1 atom stereocenters. The van der Waals surface area contributed by atoms with E-state index in [9.17, 15) is 0 Å². The van der Waals surface area contributed by atoms with Crippen LogP contribution in [0.25, 0.3) is 0 Å². The fourth-order valence-electron chi connectivity index (χ4n) is 2.80. The second-order valence-electron chi connectivity index (χ2n) is 5.35. The second-order valence-corrected chi connectivity index (χ2v) is 5.35. The van der Waals surface area contributed by atoms with Gasteiger partial charge >= 0.3 is 0 Å². The number of hydrogen-bond donors (Lipinski definition) is 1. The highest BCUT2D eigenvalue weighted by Gasteiger charge is 2.27. The molecule has 1 unspecified atom stereocenters. The predicted octanol–water partition coefficient (Wildman–Crippen LogP) is 2.17. The Morgan fingerprint density at radius 3 is 2.85 bits per heavy atom. The number of aryl methyl sites for hydroxylation is 1. The minimum Gasteiger partial charge on any atom is -0.338 e. The van der Waals surface area contributed by atoms with E-state index < -0.39 is 0 Å². The lowest BCUT2D eigenvalue weighted by molar-refractivity contribution is 0.238. The van der Waals surface area contributed by atoms with Crippen molar-refractivity contribution < 1.29 is 4.52 Å². The predicted molar refractivity (Wildman–Crippen MR) is 75.8 cm³/mol. The fourth-order valence-corrected chi connectivity index (χ4v) is 2.80. The van der Waals surface area contributed by atoms with Crippen LogP contribution in [0.4, 0.5) is 0 Å². The van der Waals surface area contributed by atoms with Crippen LogP contribution in [0.3, 0.4) is 0 Å². The molecule has 1 aliphatic heterocycles. The van der Waals surface area contributed by atoms with Gasteiger partial charge in [0.05, 0.1) is 13.1 Å². The van der Waals surface area contributed by atoms with Gasteiger partial charge in [0.25, 0.3) is 0 Å². The number of likely N-dealkylation sites (tertiary alicyclic amines) is 1. The molecule has 2 N–H and O–H groups in total. The monoisotopic (exact) mass is 272 g/mol. The Hall–Kier alpha value is -1.72. The third-order valence-corrected chi connectivity index (χ3v) is 3.86. The average Bonchev–Trinajstić information content (AvgIpc) is 3.09. The summed E-state index contributed by atoms with van der Waals surface area (Å²) in [7, 11) is 0. The highest BCUT2D eigenvalue weighted by atomic mass is 16.5. The molecule has 0 aliphatic carbocycles. The van der Waals surface area contributed by atoms with Gasteiger partial charge in [-0.2, -0.15) is 4.98 Å². The van der Waals surface area contributed by atoms with Crippen molar-refractivity contribution in [3.05, 3.63) is 47.1 Å². The number of nitrogens with two attached hydrogens (primary N) is 1. The summed E-state index contributed by atoms with van der Waals surface area (Å²) in [6.07, 6.45) is 2.39. The second kappa shape index (κ2) is 5.73. The van der Waals surface area contributed by atoms with Crippen LogP contribution in [-0.4, -0.2) is 21.6 Å². The van der Waals surface area contributed by atoms with E-state index in [4.69, 9.17) is 10.3 Å². The lowest BCUT2D eigenvalue weighted by Gasteiger charge is -2.23. The largest absolute Gasteiger partial charge is 0.338 e. The lowest BCUT2D eigenvalue weighted by Crippen LogP contribution is -2.23. The van der Waals surface area contributed by atoms with Crippen molar-refractivity contribution in [2.45, 2.75) is 38.9 Å². The molecule has 0 amide bonds. The minimum atomic E-state index is 0.300. The summed E-state index contributed by atoms with van der Waals surface area (Å²) < 4.78 is 5.07. The molecule has 1 aromatic carbocycles. The van der Waals surface area contributed by atoms with Crippen molar-refractivity contribution in [3.8, 4) is 0 Å². The molecule has 5 nitrogen and oxygen atoms in total. The van der Waals surface area contributed by atoms with Crippen LogP contribution in [0.5, 0.6) is 0 Å². The zero-order valence-corrected chi connectivity index (χ0v) is 11.7. The first-order valence-electron chi connectivity index (χ1n) is 7.08. The van der Waals surface area contributed by atoms with E-state index >= 15 is 0 Å². The maximum Gasteiger partial charge on any atom is 0.240 e. The number of rotatable bonds is 4. The first-order chi connectivity index (χ1) is 9.76. The standard InChI is InChI=1S/C15H20N4O/c1-11-4-6-12(7-5-11)13-3-2-8-19(13)10-14-17-15(9-16)20-18-14/h4-7,13H,2-3,8-10,16H2,1H3. The third kappa shape index (κ3) is 2.73. The van der Waals surface area contributed by atoms with Gasteiger partial charge in [-0.25, -0.2) is 0 Å². The summed E-state index contributed by atoms with van der Waals surface area (Å²) in [6, 6.07) is 9.24. The Kier molecular flexibility index (Phi) is 3.80. The summed E-state index contributed by atoms with van der Waals surface area (Å²) in [6.45, 7) is 4.21. The number of aromatic nitrogens is 2. The van der Waals surface area contributed by atoms with Gasteiger partial charge < -0.3 is 10.3 Å². The topological polar surface area (TPSA) is 68.2 Å². The molecule has 5 heteroatoms. The molecule has 0 saturated carbocycles. The van der Waals surface area contributed by atoms with E-state index in [0.717, 1.165) is 18.9 Å². The Morgan fingerprint density at radius 1 is 1.35 bits per heavy atom.